The molecule has 0 bridgehead atoms. The van der Waals surface area contributed by atoms with Crippen LogP contribution < -0.4 is 5.56 Å². The molecule has 2 aromatic heterocycles. The van der Waals surface area contributed by atoms with Gasteiger partial charge in [0.25, 0.3) is 5.56 Å². The molecule has 0 unspecified atom stereocenters. The van der Waals surface area contributed by atoms with Crippen LogP contribution in [0.2, 0.25) is 0 Å². The summed E-state index contributed by atoms with van der Waals surface area (Å²) in [6.45, 7) is 4.70. The lowest BCUT2D eigenvalue weighted by Crippen LogP contribution is -2.20. The second kappa shape index (κ2) is 8.35. The first kappa shape index (κ1) is 19.0. The lowest BCUT2D eigenvalue weighted by molar-refractivity contribution is 0.793. The second-order valence-electron chi connectivity index (χ2n) is 7.27. The third-order valence-electron chi connectivity index (χ3n) is 5.25. The molecular weight excluding hydrogens is 360 g/mol. The van der Waals surface area contributed by atoms with Crippen molar-refractivity contribution in [3.05, 3.63) is 88.0 Å². The van der Waals surface area contributed by atoms with Crippen molar-refractivity contribution in [2.75, 3.05) is 6.54 Å². The minimum absolute atomic E-state index is 0.0343. The molecule has 0 atom stereocenters. The fourth-order valence-electron chi connectivity index (χ4n) is 3.81. The molecular formula is C24H26N4O. The van der Waals surface area contributed by atoms with Gasteiger partial charge in [0.1, 0.15) is 0 Å². The summed E-state index contributed by atoms with van der Waals surface area (Å²) >= 11 is 0. The van der Waals surface area contributed by atoms with Crippen molar-refractivity contribution >= 4 is 16.6 Å². The zero-order chi connectivity index (χ0) is 20.2. The number of nitrogens with one attached hydrogen (secondary N) is 2. The Morgan fingerprint density at radius 3 is 2.59 bits per heavy atom. The van der Waals surface area contributed by atoms with Crippen LogP contribution in [0.3, 0.4) is 0 Å². The Kier molecular flexibility index (Phi) is 5.47. The van der Waals surface area contributed by atoms with E-state index in [1.807, 2.05) is 43.3 Å². The molecule has 4 rings (SSSR count). The number of benzene rings is 2. The first-order valence-electron chi connectivity index (χ1n) is 10.1. The summed E-state index contributed by atoms with van der Waals surface area (Å²) in [6.07, 6.45) is 4.67. The number of para-hydroxylation sites is 2. The van der Waals surface area contributed by atoms with Crippen LogP contribution in [0.15, 0.2) is 70.6 Å². The fourth-order valence-corrected chi connectivity index (χ4v) is 3.81. The van der Waals surface area contributed by atoms with Gasteiger partial charge in [-0.3, -0.25) is 14.9 Å². The summed E-state index contributed by atoms with van der Waals surface area (Å²) in [5.41, 5.74) is 5.65. The number of hydrogen-bond acceptors (Lipinski definition) is 2. The highest BCUT2D eigenvalue weighted by Gasteiger charge is 2.17. The Bertz CT molecular complexity index is 1190. The monoisotopic (exact) mass is 386 g/mol. The maximum atomic E-state index is 13.1. The molecule has 148 valence electrons. The fraction of sp³-hybridized carbons (Fsp3) is 0.250. The molecule has 2 N–H and O–H groups in total. The molecule has 0 aliphatic carbocycles. The zero-order valence-corrected chi connectivity index (χ0v) is 16.9. The van der Waals surface area contributed by atoms with Gasteiger partial charge in [-0.25, -0.2) is 4.68 Å². The van der Waals surface area contributed by atoms with E-state index in [0.717, 1.165) is 41.9 Å². The SMILES string of the molecule is CCCc1[nH]n(-c2ccccc2)c(=O)c1C(C)=NCCc1c[nH]c2ccccc12. The number of fused-ring (bicyclic) bond motifs is 1. The quantitative estimate of drug-likeness (QED) is 0.446. The molecule has 0 amide bonds. The van der Waals surface area contributed by atoms with Crippen LogP contribution in [0, 0.1) is 0 Å². The highest BCUT2D eigenvalue weighted by molar-refractivity contribution is 5.99. The van der Waals surface area contributed by atoms with E-state index in [4.69, 9.17) is 4.99 Å². The predicted molar refractivity (Wildman–Crippen MR) is 119 cm³/mol. The lowest BCUT2D eigenvalue weighted by atomic mass is 10.1. The minimum atomic E-state index is -0.0343. The maximum Gasteiger partial charge on any atom is 0.280 e. The number of rotatable bonds is 7. The van der Waals surface area contributed by atoms with Crippen LogP contribution in [0.5, 0.6) is 0 Å². The minimum Gasteiger partial charge on any atom is -0.361 e. The van der Waals surface area contributed by atoms with Crippen molar-refractivity contribution in [2.24, 2.45) is 4.99 Å². The van der Waals surface area contributed by atoms with E-state index in [1.54, 1.807) is 4.68 Å². The maximum absolute atomic E-state index is 13.1. The molecule has 0 saturated carbocycles. The summed E-state index contributed by atoms with van der Waals surface area (Å²) in [5.74, 6) is 0. The van der Waals surface area contributed by atoms with Crippen LogP contribution in [-0.2, 0) is 12.8 Å². The van der Waals surface area contributed by atoms with Gasteiger partial charge >= 0.3 is 0 Å². The Morgan fingerprint density at radius 1 is 1.03 bits per heavy atom. The first-order chi connectivity index (χ1) is 14.2. The molecule has 0 aliphatic heterocycles. The lowest BCUT2D eigenvalue weighted by Gasteiger charge is -2.01. The molecule has 0 saturated heterocycles. The van der Waals surface area contributed by atoms with Crippen LogP contribution >= 0.6 is 0 Å². The summed E-state index contributed by atoms with van der Waals surface area (Å²) in [7, 11) is 0. The highest BCUT2D eigenvalue weighted by atomic mass is 16.1. The summed E-state index contributed by atoms with van der Waals surface area (Å²) in [6, 6.07) is 18.0. The average molecular weight is 386 g/mol. The van der Waals surface area contributed by atoms with Crippen LogP contribution in [0.1, 0.15) is 37.1 Å². The van der Waals surface area contributed by atoms with Gasteiger partial charge in [0.05, 0.1) is 11.3 Å². The van der Waals surface area contributed by atoms with Gasteiger partial charge in [0, 0.05) is 35.1 Å². The largest absolute Gasteiger partial charge is 0.361 e. The van der Waals surface area contributed by atoms with Crippen molar-refractivity contribution in [3.8, 4) is 5.69 Å². The van der Waals surface area contributed by atoms with Crippen LogP contribution in [0.25, 0.3) is 16.6 Å². The average Bonchev–Trinajstić information content (AvgIpc) is 3.30. The molecule has 0 fully saturated rings. The molecule has 4 aromatic rings. The van der Waals surface area contributed by atoms with Crippen molar-refractivity contribution in [1.29, 1.82) is 0 Å². The third-order valence-corrected chi connectivity index (χ3v) is 5.25. The van der Waals surface area contributed by atoms with E-state index in [2.05, 4.69) is 41.4 Å². The smallest absolute Gasteiger partial charge is 0.280 e. The molecule has 0 radical (unpaired) electrons. The van der Waals surface area contributed by atoms with Gasteiger partial charge in [0.2, 0.25) is 0 Å². The molecule has 0 spiro atoms. The van der Waals surface area contributed by atoms with Gasteiger partial charge in [-0.05, 0) is 43.5 Å². The van der Waals surface area contributed by atoms with E-state index >= 15 is 0 Å². The van der Waals surface area contributed by atoms with Crippen molar-refractivity contribution in [1.82, 2.24) is 14.8 Å². The first-order valence-corrected chi connectivity index (χ1v) is 10.1. The Morgan fingerprint density at radius 2 is 1.79 bits per heavy atom. The molecule has 5 nitrogen and oxygen atoms in total. The van der Waals surface area contributed by atoms with E-state index in [1.165, 1.54) is 10.9 Å². The van der Waals surface area contributed by atoms with Gasteiger partial charge in [-0.15, -0.1) is 0 Å². The van der Waals surface area contributed by atoms with Crippen molar-refractivity contribution in [3.63, 3.8) is 0 Å². The third kappa shape index (κ3) is 3.81. The van der Waals surface area contributed by atoms with E-state index in [-0.39, 0.29) is 5.56 Å². The van der Waals surface area contributed by atoms with Gasteiger partial charge in [0.15, 0.2) is 0 Å². The Labute approximate surface area is 170 Å². The zero-order valence-electron chi connectivity index (χ0n) is 16.9. The number of hydrogen-bond donors (Lipinski definition) is 2. The molecule has 29 heavy (non-hydrogen) atoms. The number of aliphatic imine (C=N–C) groups is 1. The number of H-pyrrole nitrogens is 2. The standard InChI is InChI=1S/C24H26N4O/c1-3-9-22-23(24(29)28(27-22)19-10-5-4-6-11-19)17(2)25-15-14-18-16-26-21-13-8-7-12-20(18)21/h4-8,10-13,16,26-27H,3,9,14-15H2,1-2H3. The second-order valence-corrected chi connectivity index (χ2v) is 7.27. The summed E-state index contributed by atoms with van der Waals surface area (Å²) < 4.78 is 1.62. The number of aromatic amines is 2. The molecule has 2 heterocycles. The van der Waals surface area contributed by atoms with Gasteiger partial charge < -0.3 is 4.98 Å². The Balaban J connectivity index is 1.61. The van der Waals surface area contributed by atoms with Crippen molar-refractivity contribution in [2.45, 2.75) is 33.1 Å². The molecule has 0 aliphatic rings. The topological polar surface area (TPSA) is 65.9 Å². The van der Waals surface area contributed by atoms with Gasteiger partial charge in [-0.2, -0.15) is 0 Å². The summed E-state index contributed by atoms with van der Waals surface area (Å²) in [5, 5.41) is 4.53. The van der Waals surface area contributed by atoms with E-state index < -0.39 is 0 Å². The highest BCUT2D eigenvalue weighted by Crippen LogP contribution is 2.18. The number of aryl methyl sites for hydroxylation is 1. The summed E-state index contributed by atoms with van der Waals surface area (Å²) in [4.78, 5) is 21.2. The normalized spacial score (nSPS) is 12.0. The van der Waals surface area contributed by atoms with Crippen molar-refractivity contribution < 1.29 is 0 Å². The van der Waals surface area contributed by atoms with Crippen LogP contribution in [0.4, 0.5) is 0 Å². The van der Waals surface area contributed by atoms with E-state index in [0.29, 0.717) is 12.1 Å². The predicted octanol–water partition coefficient (Wildman–Crippen LogP) is 4.65. The number of aromatic nitrogens is 3. The van der Waals surface area contributed by atoms with Gasteiger partial charge in [-0.1, -0.05) is 49.7 Å². The molecule has 5 heteroatoms. The Hall–Kier alpha value is -3.34. The number of nitrogens with zero attached hydrogens (tertiary/aromatic N) is 2. The van der Waals surface area contributed by atoms with Crippen LogP contribution in [-0.4, -0.2) is 27.0 Å². The molecule has 2 aromatic carbocycles. The van der Waals surface area contributed by atoms with E-state index in [9.17, 15) is 4.79 Å².